The highest BCUT2D eigenvalue weighted by Crippen LogP contribution is 2.27. The summed E-state index contributed by atoms with van der Waals surface area (Å²) in [7, 11) is -3.52. The van der Waals surface area contributed by atoms with Crippen molar-refractivity contribution >= 4 is 39.7 Å². The van der Waals surface area contributed by atoms with Crippen LogP contribution < -0.4 is 15.8 Å². The number of carbonyl (C=O) groups is 1. The molecule has 1 heterocycles. The van der Waals surface area contributed by atoms with Gasteiger partial charge in [-0.25, -0.2) is 13.1 Å². The Labute approximate surface area is 147 Å². The zero-order valence-corrected chi connectivity index (χ0v) is 15.5. The number of hydrogen-bond acceptors (Lipinski definition) is 5. The Kier molecular flexibility index (Phi) is 7.96. The first-order valence-electron chi connectivity index (χ1n) is 7.48. The summed E-state index contributed by atoms with van der Waals surface area (Å²) in [6, 6.07) is 3.24. The SMILES string of the molecule is CC(=O)NCc1ccc(S(=O)(=O)NC2CCCCC2CN)s1.Cl. The summed E-state index contributed by atoms with van der Waals surface area (Å²) in [5, 5.41) is 2.66. The second kappa shape index (κ2) is 8.98. The summed E-state index contributed by atoms with van der Waals surface area (Å²) in [5.41, 5.74) is 5.75. The van der Waals surface area contributed by atoms with Crippen LogP contribution in [0, 0.1) is 5.92 Å². The van der Waals surface area contributed by atoms with Gasteiger partial charge in [-0.15, -0.1) is 23.7 Å². The Balaban J connectivity index is 0.00000264. The van der Waals surface area contributed by atoms with Gasteiger partial charge >= 0.3 is 0 Å². The number of nitrogens with two attached hydrogens (primary N) is 1. The molecule has 1 aliphatic rings. The summed E-state index contributed by atoms with van der Waals surface area (Å²) in [6.07, 6.45) is 3.95. The second-order valence-corrected chi connectivity index (χ2v) is 8.75. The zero-order valence-electron chi connectivity index (χ0n) is 13.1. The van der Waals surface area contributed by atoms with Crippen molar-refractivity contribution in [3.05, 3.63) is 17.0 Å². The van der Waals surface area contributed by atoms with Crippen LogP contribution in [0.15, 0.2) is 16.3 Å². The summed E-state index contributed by atoms with van der Waals surface area (Å²) in [4.78, 5) is 11.7. The summed E-state index contributed by atoms with van der Waals surface area (Å²) in [5.74, 6) is 0.0752. The fourth-order valence-electron chi connectivity index (χ4n) is 2.71. The molecule has 23 heavy (non-hydrogen) atoms. The lowest BCUT2D eigenvalue weighted by Gasteiger charge is -2.30. The minimum Gasteiger partial charge on any atom is -0.351 e. The Hall–Kier alpha value is -0.670. The molecule has 1 aromatic rings. The number of carbonyl (C=O) groups excluding carboxylic acids is 1. The van der Waals surface area contributed by atoms with Gasteiger partial charge in [-0.05, 0) is 37.4 Å². The lowest BCUT2D eigenvalue weighted by atomic mass is 9.85. The Bertz CT molecular complexity index is 619. The van der Waals surface area contributed by atoms with E-state index in [2.05, 4.69) is 10.0 Å². The third-order valence-electron chi connectivity index (χ3n) is 3.93. The minimum absolute atomic E-state index is 0. The molecule has 0 saturated heterocycles. The van der Waals surface area contributed by atoms with Gasteiger partial charge < -0.3 is 11.1 Å². The number of amides is 1. The summed E-state index contributed by atoms with van der Waals surface area (Å²) < 4.78 is 28.1. The average Bonchev–Trinajstić information content (AvgIpc) is 2.95. The molecule has 0 aromatic carbocycles. The quantitative estimate of drug-likeness (QED) is 0.696. The van der Waals surface area contributed by atoms with E-state index >= 15 is 0 Å². The van der Waals surface area contributed by atoms with E-state index < -0.39 is 10.0 Å². The van der Waals surface area contributed by atoms with E-state index in [4.69, 9.17) is 5.73 Å². The zero-order chi connectivity index (χ0) is 16.2. The van der Waals surface area contributed by atoms with Crippen LogP contribution in [-0.4, -0.2) is 26.9 Å². The van der Waals surface area contributed by atoms with Crippen LogP contribution in [0.25, 0.3) is 0 Å². The highest BCUT2D eigenvalue weighted by molar-refractivity contribution is 7.91. The smallest absolute Gasteiger partial charge is 0.250 e. The van der Waals surface area contributed by atoms with Gasteiger partial charge in [0.1, 0.15) is 4.21 Å². The van der Waals surface area contributed by atoms with Crippen molar-refractivity contribution in [2.75, 3.05) is 6.54 Å². The molecule has 0 radical (unpaired) electrons. The standard InChI is InChI=1S/C14H23N3O3S2.ClH/c1-10(18)16-9-12-6-7-14(21-12)22(19,20)17-13-5-3-2-4-11(13)8-15;/h6-7,11,13,17H,2-5,8-9,15H2,1H3,(H,16,18);1H. The molecular weight excluding hydrogens is 358 g/mol. The normalized spacial score (nSPS) is 21.5. The maximum Gasteiger partial charge on any atom is 0.250 e. The number of sulfonamides is 1. The lowest BCUT2D eigenvalue weighted by molar-refractivity contribution is -0.119. The van der Waals surface area contributed by atoms with Gasteiger partial charge in [0.15, 0.2) is 0 Å². The van der Waals surface area contributed by atoms with Gasteiger partial charge in [-0.1, -0.05) is 12.8 Å². The van der Waals surface area contributed by atoms with E-state index in [1.54, 1.807) is 12.1 Å². The number of thiophene rings is 1. The molecule has 2 unspecified atom stereocenters. The van der Waals surface area contributed by atoms with Crippen molar-refractivity contribution < 1.29 is 13.2 Å². The lowest BCUT2D eigenvalue weighted by Crippen LogP contribution is -2.44. The molecule has 1 aliphatic carbocycles. The Morgan fingerprint density at radius 1 is 1.35 bits per heavy atom. The van der Waals surface area contributed by atoms with Crippen LogP contribution >= 0.6 is 23.7 Å². The summed E-state index contributed by atoms with van der Waals surface area (Å²) in [6.45, 7) is 2.29. The molecule has 2 atom stereocenters. The molecule has 1 fully saturated rings. The van der Waals surface area contributed by atoms with Crippen molar-refractivity contribution in [2.45, 2.75) is 49.4 Å². The fourth-order valence-corrected chi connectivity index (χ4v) is 5.36. The molecule has 4 N–H and O–H groups in total. The third kappa shape index (κ3) is 5.72. The molecule has 132 valence electrons. The second-order valence-electron chi connectivity index (χ2n) is 5.64. The maximum atomic E-state index is 12.5. The Morgan fingerprint density at radius 3 is 2.70 bits per heavy atom. The van der Waals surface area contributed by atoms with Crippen LogP contribution in [0.2, 0.25) is 0 Å². The van der Waals surface area contributed by atoms with E-state index in [9.17, 15) is 13.2 Å². The fraction of sp³-hybridized carbons (Fsp3) is 0.643. The third-order valence-corrected chi connectivity index (χ3v) is 7.00. The minimum atomic E-state index is -3.52. The molecule has 0 spiro atoms. The topological polar surface area (TPSA) is 101 Å². The van der Waals surface area contributed by atoms with E-state index in [0.717, 1.165) is 30.6 Å². The predicted octanol–water partition coefficient (Wildman–Crippen LogP) is 1.60. The van der Waals surface area contributed by atoms with E-state index in [0.29, 0.717) is 13.1 Å². The number of halogens is 1. The number of rotatable bonds is 6. The first-order valence-corrected chi connectivity index (χ1v) is 9.78. The van der Waals surface area contributed by atoms with Gasteiger partial charge in [0.05, 0.1) is 6.54 Å². The van der Waals surface area contributed by atoms with Crippen molar-refractivity contribution in [3.8, 4) is 0 Å². The van der Waals surface area contributed by atoms with Crippen molar-refractivity contribution in [2.24, 2.45) is 11.7 Å². The molecule has 1 amide bonds. The van der Waals surface area contributed by atoms with Gasteiger partial charge in [0.2, 0.25) is 15.9 Å². The maximum absolute atomic E-state index is 12.5. The van der Waals surface area contributed by atoms with Crippen molar-refractivity contribution in [1.82, 2.24) is 10.0 Å². The van der Waals surface area contributed by atoms with Crippen molar-refractivity contribution in [3.63, 3.8) is 0 Å². The Morgan fingerprint density at radius 2 is 2.04 bits per heavy atom. The highest BCUT2D eigenvalue weighted by atomic mass is 35.5. The largest absolute Gasteiger partial charge is 0.351 e. The van der Waals surface area contributed by atoms with Gasteiger partial charge in [0.25, 0.3) is 0 Å². The highest BCUT2D eigenvalue weighted by Gasteiger charge is 2.29. The molecule has 6 nitrogen and oxygen atoms in total. The first-order chi connectivity index (χ1) is 10.4. The van der Waals surface area contributed by atoms with E-state index in [1.807, 2.05) is 0 Å². The first kappa shape index (κ1) is 20.4. The van der Waals surface area contributed by atoms with Gasteiger partial charge in [-0.3, -0.25) is 4.79 Å². The molecule has 1 saturated carbocycles. The van der Waals surface area contributed by atoms with Crippen LogP contribution in [0.1, 0.15) is 37.5 Å². The average molecular weight is 382 g/mol. The molecule has 0 bridgehead atoms. The number of hydrogen-bond donors (Lipinski definition) is 3. The van der Waals surface area contributed by atoms with Gasteiger partial charge in [0, 0.05) is 17.8 Å². The van der Waals surface area contributed by atoms with Gasteiger partial charge in [-0.2, -0.15) is 0 Å². The van der Waals surface area contributed by atoms with E-state index in [1.165, 1.54) is 18.3 Å². The van der Waals surface area contributed by atoms with Crippen LogP contribution in [0.3, 0.4) is 0 Å². The predicted molar refractivity (Wildman–Crippen MR) is 94.2 cm³/mol. The van der Waals surface area contributed by atoms with Crippen molar-refractivity contribution in [1.29, 1.82) is 0 Å². The summed E-state index contributed by atoms with van der Waals surface area (Å²) >= 11 is 1.18. The molecule has 9 heteroatoms. The van der Waals surface area contributed by atoms with Crippen LogP contribution in [0.4, 0.5) is 0 Å². The molecule has 1 aromatic heterocycles. The van der Waals surface area contributed by atoms with E-state index in [-0.39, 0.29) is 34.5 Å². The van der Waals surface area contributed by atoms with Crippen LogP contribution in [0.5, 0.6) is 0 Å². The molecule has 0 aliphatic heterocycles. The monoisotopic (exact) mass is 381 g/mol. The molecular formula is C14H24ClN3O3S2. The number of nitrogens with one attached hydrogen (secondary N) is 2. The van der Waals surface area contributed by atoms with Crippen LogP contribution in [-0.2, 0) is 21.4 Å². The molecule has 2 rings (SSSR count).